The highest BCUT2D eigenvalue weighted by molar-refractivity contribution is 4.99. The maximum absolute atomic E-state index is 5.47. The maximum Gasteiger partial charge on any atom is 0.280 e. The van der Waals surface area contributed by atoms with Gasteiger partial charge in [-0.3, -0.25) is 0 Å². The summed E-state index contributed by atoms with van der Waals surface area (Å²) < 4.78 is 10.6. The van der Waals surface area contributed by atoms with E-state index in [1.54, 1.807) is 6.26 Å². The molecule has 1 heterocycles. The van der Waals surface area contributed by atoms with E-state index in [0.29, 0.717) is 5.95 Å². The smallest absolute Gasteiger partial charge is 0.280 e. The van der Waals surface area contributed by atoms with E-state index in [1.807, 2.05) is 32.9 Å². The monoisotopic (exact) mass is 154 g/mol. The van der Waals surface area contributed by atoms with Crippen molar-refractivity contribution in [2.75, 3.05) is 0 Å². The molecular weight excluding hydrogens is 140 g/mol. The van der Waals surface area contributed by atoms with E-state index in [-0.39, 0.29) is 5.60 Å². The van der Waals surface area contributed by atoms with E-state index in [0.717, 1.165) is 6.42 Å². The van der Waals surface area contributed by atoms with Crippen LogP contribution in [-0.4, -0.2) is 5.60 Å². The van der Waals surface area contributed by atoms with Gasteiger partial charge < -0.3 is 9.47 Å². The summed E-state index contributed by atoms with van der Waals surface area (Å²) in [6.45, 7) is 5.99. The molecule has 1 rings (SSSR count). The van der Waals surface area contributed by atoms with E-state index in [1.165, 1.54) is 0 Å². The predicted molar refractivity (Wildman–Crippen MR) is 43.8 cm³/mol. The Kier molecular flexibility index (Phi) is 2.22. The minimum Gasteiger partial charge on any atom is -0.460 e. The quantitative estimate of drug-likeness (QED) is 0.578. The van der Waals surface area contributed by atoms with Crippen LogP contribution in [-0.2, 0) is 9.47 Å². The average molecular weight is 154 g/mol. The van der Waals surface area contributed by atoms with Gasteiger partial charge in [0, 0.05) is 6.08 Å². The minimum atomic E-state index is -0.170. The molecular formula is C9H14O2. The lowest BCUT2D eigenvalue weighted by Crippen LogP contribution is -2.19. The standard InChI is InChI=1S/C9H14O2/c1-9(2,3)11-8-6-4-5-7-10-8/h5-7H,4H2,1-3H3. The lowest BCUT2D eigenvalue weighted by Gasteiger charge is -2.22. The Balaban J connectivity index is 2.44. The van der Waals surface area contributed by atoms with Crippen molar-refractivity contribution in [2.24, 2.45) is 0 Å². The molecule has 11 heavy (non-hydrogen) atoms. The van der Waals surface area contributed by atoms with Crippen molar-refractivity contribution < 1.29 is 9.47 Å². The number of ether oxygens (including phenoxy) is 2. The molecule has 0 spiro atoms. The van der Waals surface area contributed by atoms with Gasteiger partial charge in [0.05, 0.1) is 6.26 Å². The molecule has 2 heteroatoms. The maximum atomic E-state index is 5.47. The fourth-order valence-electron chi connectivity index (χ4n) is 0.751. The van der Waals surface area contributed by atoms with E-state index in [4.69, 9.17) is 9.47 Å². The highest BCUT2D eigenvalue weighted by Crippen LogP contribution is 2.17. The Hall–Kier alpha value is -0.920. The van der Waals surface area contributed by atoms with Crippen molar-refractivity contribution in [2.45, 2.75) is 32.8 Å². The molecule has 0 amide bonds. The first-order valence-corrected chi connectivity index (χ1v) is 3.79. The first-order chi connectivity index (χ1) is 5.08. The summed E-state index contributed by atoms with van der Waals surface area (Å²) >= 11 is 0. The fourth-order valence-corrected chi connectivity index (χ4v) is 0.751. The lowest BCUT2D eigenvalue weighted by atomic mass is 10.2. The number of hydrogen-bond donors (Lipinski definition) is 0. The molecule has 0 fully saturated rings. The van der Waals surface area contributed by atoms with E-state index < -0.39 is 0 Å². The first-order valence-electron chi connectivity index (χ1n) is 3.79. The summed E-state index contributed by atoms with van der Waals surface area (Å²) in [6.07, 6.45) is 6.41. The average Bonchev–Trinajstić information content (AvgIpc) is 1.85. The third-order valence-electron chi connectivity index (χ3n) is 1.11. The summed E-state index contributed by atoms with van der Waals surface area (Å²) in [6, 6.07) is 0. The summed E-state index contributed by atoms with van der Waals surface area (Å²) in [7, 11) is 0. The molecule has 0 aromatic carbocycles. The van der Waals surface area contributed by atoms with Crippen molar-refractivity contribution in [1.29, 1.82) is 0 Å². The number of rotatable bonds is 1. The van der Waals surface area contributed by atoms with Crippen LogP contribution in [0.3, 0.4) is 0 Å². The van der Waals surface area contributed by atoms with Gasteiger partial charge in [0.15, 0.2) is 0 Å². The molecule has 2 nitrogen and oxygen atoms in total. The largest absolute Gasteiger partial charge is 0.460 e. The number of hydrogen-bond acceptors (Lipinski definition) is 2. The Morgan fingerprint density at radius 3 is 2.64 bits per heavy atom. The summed E-state index contributed by atoms with van der Waals surface area (Å²) in [4.78, 5) is 0. The van der Waals surface area contributed by atoms with Crippen LogP contribution in [0.2, 0.25) is 0 Å². The van der Waals surface area contributed by atoms with E-state index in [2.05, 4.69) is 0 Å². The van der Waals surface area contributed by atoms with Gasteiger partial charge >= 0.3 is 0 Å². The van der Waals surface area contributed by atoms with Crippen LogP contribution in [0.25, 0.3) is 0 Å². The molecule has 0 aliphatic carbocycles. The van der Waals surface area contributed by atoms with Gasteiger partial charge in [-0.15, -0.1) is 0 Å². The molecule has 0 unspecified atom stereocenters. The van der Waals surface area contributed by atoms with Gasteiger partial charge in [0.2, 0.25) is 0 Å². The van der Waals surface area contributed by atoms with Gasteiger partial charge in [-0.1, -0.05) is 0 Å². The zero-order valence-corrected chi connectivity index (χ0v) is 7.26. The van der Waals surface area contributed by atoms with Gasteiger partial charge in [-0.2, -0.15) is 0 Å². The van der Waals surface area contributed by atoms with Crippen LogP contribution >= 0.6 is 0 Å². The number of allylic oxidation sites excluding steroid dienone is 2. The lowest BCUT2D eigenvalue weighted by molar-refractivity contribution is -0.0218. The van der Waals surface area contributed by atoms with Crippen molar-refractivity contribution in [3.8, 4) is 0 Å². The Morgan fingerprint density at radius 1 is 1.45 bits per heavy atom. The van der Waals surface area contributed by atoms with Crippen LogP contribution in [0.1, 0.15) is 27.2 Å². The van der Waals surface area contributed by atoms with Crippen LogP contribution in [0.15, 0.2) is 24.4 Å². The van der Waals surface area contributed by atoms with Crippen LogP contribution in [0, 0.1) is 0 Å². The molecule has 0 N–H and O–H groups in total. The first kappa shape index (κ1) is 8.18. The van der Waals surface area contributed by atoms with Gasteiger partial charge in [-0.25, -0.2) is 0 Å². The summed E-state index contributed by atoms with van der Waals surface area (Å²) in [5.41, 5.74) is -0.170. The molecule has 0 atom stereocenters. The molecule has 0 aromatic heterocycles. The third kappa shape index (κ3) is 3.12. The van der Waals surface area contributed by atoms with E-state index >= 15 is 0 Å². The van der Waals surface area contributed by atoms with Crippen molar-refractivity contribution in [3.05, 3.63) is 24.4 Å². The summed E-state index contributed by atoms with van der Waals surface area (Å²) in [5.74, 6) is 0.611. The molecule has 0 saturated carbocycles. The zero-order chi connectivity index (χ0) is 8.32. The van der Waals surface area contributed by atoms with Crippen LogP contribution in [0.5, 0.6) is 0 Å². The molecule has 0 saturated heterocycles. The Labute approximate surface area is 67.5 Å². The van der Waals surface area contributed by atoms with Crippen molar-refractivity contribution >= 4 is 0 Å². The molecule has 0 aromatic rings. The fraction of sp³-hybridized carbons (Fsp3) is 0.556. The molecule has 1 aliphatic rings. The second-order valence-electron chi connectivity index (χ2n) is 3.46. The SMILES string of the molecule is CC(C)(C)OC1=CCC=CO1. The van der Waals surface area contributed by atoms with Gasteiger partial charge in [-0.05, 0) is 33.3 Å². The normalized spacial score (nSPS) is 17.2. The predicted octanol–water partition coefficient (Wildman–Crippen LogP) is 2.58. The van der Waals surface area contributed by atoms with Gasteiger partial charge in [0.1, 0.15) is 5.60 Å². The second-order valence-corrected chi connectivity index (χ2v) is 3.46. The van der Waals surface area contributed by atoms with Crippen LogP contribution in [0.4, 0.5) is 0 Å². The Bertz CT molecular complexity index is 184. The van der Waals surface area contributed by atoms with Gasteiger partial charge in [0.25, 0.3) is 5.95 Å². The van der Waals surface area contributed by atoms with Crippen LogP contribution < -0.4 is 0 Å². The second kappa shape index (κ2) is 2.99. The highest BCUT2D eigenvalue weighted by Gasteiger charge is 2.14. The van der Waals surface area contributed by atoms with Crippen molar-refractivity contribution in [3.63, 3.8) is 0 Å². The highest BCUT2D eigenvalue weighted by atomic mass is 16.7. The Morgan fingerprint density at radius 2 is 2.18 bits per heavy atom. The topological polar surface area (TPSA) is 18.5 Å². The summed E-state index contributed by atoms with van der Waals surface area (Å²) in [5, 5.41) is 0. The van der Waals surface area contributed by atoms with E-state index in [9.17, 15) is 0 Å². The zero-order valence-electron chi connectivity index (χ0n) is 7.26. The molecule has 1 aliphatic heterocycles. The molecule has 62 valence electrons. The third-order valence-corrected chi connectivity index (χ3v) is 1.11. The molecule has 0 bridgehead atoms. The minimum absolute atomic E-state index is 0.170. The molecule has 0 radical (unpaired) electrons. The van der Waals surface area contributed by atoms with Crippen molar-refractivity contribution in [1.82, 2.24) is 0 Å².